The summed E-state index contributed by atoms with van der Waals surface area (Å²) in [6.45, 7) is 3.34. The molecule has 2 aromatic rings. The van der Waals surface area contributed by atoms with Crippen molar-refractivity contribution in [2.45, 2.75) is 19.4 Å². The molecule has 126 valence electrons. The van der Waals surface area contributed by atoms with Gasteiger partial charge in [0.15, 0.2) is 0 Å². The summed E-state index contributed by atoms with van der Waals surface area (Å²) >= 11 is 6.18. The zero-order valence-corrected chi connectivity index (χ0v) is 14.6. The molecule has 1 aromatic carbocycles. The quantitative estimate of drug-likeness (QED) is 0.867. The van der Waals surface area contributed by atoms with E-state index >= 15 is 0 Å². The molecule has 1 aromatic heterocycles. The molecule has 0 saturated carbocycles. The topological polar surface area (TPSA) is 50.2 Å². The summed E-state index contributed by atoms with van der Waals surface area (Å²) in [5.74, 6) is 0.00619. The van der Waals surface area contributed by atoms with Crippen LogP contribution < -0.4 is 5.32 Å². The smallest absolute Gasteiger partial charge is 0.246 e. The first-order chi connectivity index (χ1) is 11.5. The lowest BCUT2D eigenvalue weighted by Crippen LogP contribution is -2.30. The Labute approximate surface area is 146 Å². The first-order valence-corrected chi connectivity index (χ1v) is 8.40. The van der Waals surface area contributed by atoms with E-state index in [1.807, 2.05) is 42.2 Å². The minimum absolute atomic E-state index is 0.00619. The zero-order chi connectivity index (χ0) is 17.1. The van der Waals surface area contributed by atoms with E-state index in [1.54, 1.807) is 23.9 Å². The van der Waals surface area contributed by atoms with Crippen LogP contribution in [0, 0.1) is 6.92 Å². The average molecular weight is 345 g/mol. The third-order valence-corrected chi connectivity index (χ3v) is 4.68. The molecule has 0 unspecified atom stereocenters. The highest BCUT2D eigenvalue weighted by Gasteiger charge is 2.24. The van der Waals surface area contributed by atoms with Crippen molar-refractivity contribution in [1.82, 2.24) is 14.7 Å². The van der Waals surface area contributed by atoms with E-state index in [-0.39, 0.29) is 11.9 Å². The molecule has 0 radical (unpaired) electrons. The number of hydrogen-bond donors (Lipinski definition) is 1. The van der Waals surface area contributed by atoms with E-state index in [4.69, 9.17) is 11.6 Å². The Morgan fingerprint density at radius 1 is 1.38 bits per heavy atom. The lowest BCUT2D eigenvalue weighted by molar-refractivity contribution is -0.124. The van der Waals surface area contributed by atoms with Gasteiger partial charge in [-0.15, -0.1) is 0 Å². The van der Waals surface area contributed by atoms with Gasteiger partial charge in [0.2, 0.25) is 5.91 Å². The predicted molar refractivity (Wildman–Crippen MR) is 97.0 cm³/mol. The molecule has 1 atom stereocenters. The Kier molecular flexibility index (Phi) is 4.90. The van der Waals surface area contributed by atoms with Crippen LogP contribution in [0.3, 0.4) is 0 Å². The minimum Gasteiger partial charge on any atom is -0.380 e. The van der Waals surface area contributed by atoms with E-state index in [9.17, 15) is 4.79 Å². The summed E-state index contributed by atoms with van der Waals surface area (Å²) in [6.07, 6.45) is 4.28. The van der Waals surface area contributed by atoms with E-state index < -0.39 is 0 Å². The molecule has 24 heavy (non-hydrogen) atoms. The van der Waals surface area contributed by atoms with Crippen molar-refractivity contribution >= 4 is 29.3 Å². The Balaban J connectivity index is 1.59. The van der Waals surface area contributed by atoms with Crippen molar-refractivity contribution < 1.29 is 4.79 Å². The Morgan fingerprint density at radius 3 is 2.79 bits per heavy atom. The number of likely N-dealkylation sites (tertiary alicyclic amines) is 1. The molecule has 1 saturated heterocycles. The number of halogens is 1. The SMILES string of the molecule is Cc1nn(C)c(Cl)c1/C=C\C(=O)N1CC[C@@H](Nc2ccccc2)C1. The van der Waals surface area contributed by atoms with Crippen LogP contribution in [0.4, 0.5) is 5.69 Å². The predicted octanol–water partition coefficient (Wildman–Crippen LogP) is 3.11. The van der Waals surface area contributed by atoms with Crippen LogP contribution in [0.1, 0.15) is 17.7 Å². The molecular weight excluding hydrogens is 324 g/mol. The van der Waals surface area contributed by atoms with Crippen molar-refractivity contribution in [2.75, 3.05) is 18.4 Å². The van der Waals surface area contributed by atoms with Crippen LogP contribution in [0.2, 0.25) is 5.15 Å². The molecule has 6 heteroatoms. The largest absolute Gasteiger partial charge is 0.380 e. The van der Waals surface area contributed by atoms with E-state index in [0.29, 0.717) is 11.7 Å². The van der Waals surface area contributed by atoms with Crippen molar-refractivity contribution in [2.24, 2.45) is 7.05 Å². The van der Waals surface area contributed by atoms with Gasteiger partial charge in [-0.3, -0.25) is 9.48 Å². The second kappa shape index (κ2) is 7.09. The normalized spacial score (nSPS) is 17.6. The standard InChI is InChI=1S/C18H21ClN4O/c1-13-16(18(19)22(2)21-13)8-9-17(24)23-11-10-15(12-23)20-14-6-4-3-5-7-14/h3-9,15,20H,10-12H2,1-2H3/b9-8-/t15-/m1/s1. The Morgan fingerprint density at radius 2 is 2.12 bits per heavy atom. The number of amides is 1. The lowest BCUT2D eigenvalue weighted by atomic mass is 10.2. The van der Waals surface area contributed by atoms with Crippen LogP contribution >= 0.6 is 11.6 Å². The van der Waals surface area contributed by atoms with Crippen LogP contribution in [0.15, 0.2) is 36.4 Å². The number of carbonyl (C=O) groups is 1. The van der Waals surface area contributed by atoms with E-state index in [0.717, 1.165) is 29.9 Å². The molecule has 1 fully saturated rings. The summed E-state index contributed by atoms with van der Waals surface area (Å²) < 4.78 is 1.61. The number of carbonyl (C=O) groups excluding carboxylic acids is 1. The fraction of sp³-hybridized carbons (Fsp3) is 0.333. The van der Waals surface area contributed by atoms with Gasteiger partial charge in [0.1, 0.15) is 5.15 Å². The zero-order valence-electron chi connectivity index (χ0n) is 13.9. The van der Waals surface area contributed by atoms with Gasteiger partial charge in [-0.1, -0.05) is 29.8 Å². The van der Waals surface area contributed by atoms with Crippen LogP contribution in [-0.2, 0) is 11.8 Å². The Bertz CT molecular complexity index is 754. The summed E-state index contributed by atoms with van der Waals surface area (Å²) in [5.41, 5.74) is 2.70. The monoisotopic (exact) mass is 344 g/mol. The number of nitrogens with zero attached hydrogens (tertiary/aromatic N) is 3. The van der Waals surface area contributed by atoms with Crippen molar-refractivity contribution in [3.05, 3.63) is 52.8 Å². The van der Waals surface area contributed by atoms with Gasteiger partial charge < -0.3 is 10.2 Å². The molecule has 0 spiro atoms. The number of aromatic nitrogens is 2. The maximum atomic E-state index is 12.4. The first kappa shape index (κ1) is 16.6. The fourth-order valence-corrected chi connectivity index (χ4v) is 3.18. The van der Waals surface area contributed by atoms with E-state index in [2.05, 4.69) is 10.4 Å². The molecule has 1 N–H and O–H groups in total. The molecule has 1 aliphatic rings. The van der Waals surface area contributed by atoms with Gasteiger partial charge in [-0.25, -0.2) is 0 Å². The van der Waals surface area contributed by atoms with Gasteiger partial charge in [0, 0.05) is 43.5 Å². The van der Waals surface area contributed by atoms with Crippen LogP contribution in [0.5, 0.6) is 0 Å². The maximum Gasteiger partial charge on any atom is 0.246 e. The average Bonchev–Trinajstić information content (AvgIpc) is 3.12. The number of hydrogen-bond acceptors (Lipinski definition) is 3. The number of benzene rings is 1. The molecule has 0 aliphatic carbocycles. The molecular formula is C18H21ClN4O. The number of anilines is 1. The first-order valence-electron chi connectivity index (χ1n) is 8.02. The number of rotatable bonds is 4. The molecule has 1 aliphatic heterocycles. The van der Waals surface area contributed by atoms with E-state index in [1.165, 1.54) is 0 Å². The highest BCUT2D eigenvalue weighted by Crippen LogP contribution is 2.21. The van der Waals surface area contributed by atoms with Crippen molar-refractivity contribution in [3.8, 4) is 0 Å². The lowest BCUT2D eigenvalue weighted by Gasteiger charge is -2.16. The summed E-state index contributed by atoms with van der Waals surface area (Å²) in [7, 11) is 1.79. The molecule has 2 heterocycles. The molecule has 5 nitrogen and oxygen atoms in total. The minimum atomic E-state index is 0.00619. The molecule has 0 bridgehead atoms. The van der Waals surface area contributed by atoms with Gasteiger partial charge in [0.25, 0.3) is 0 Å². The highest BCUT2D eigenvalue weighted by atomic mass is 35.5. The van der Waals surface area contributed by atoms with Gasteiger partial charge in [-0.2, -0.15) is 5.10 Å². The highest BCUT2D eigenvalue weighted by molar-refractivity contribution is 6.31. The summed E-state index contributed by atoms with van der Waals surface area (Å²) in [4.78, 5) is 14.2. The third-order valence-electron chi connectivity index (χ3n) is 4.23. The molecule has 3 rings (SSSR count). The third kappa shape index (κ3) is 3.62. The fourth-order valence-electron chi connectivity index (χ4n) is 2.94. The van der Waals surface area contributed by atoms with Gasteiger partial charge in [0.05, 0.1) is 5.69 Å². The Hall–Kier alpha value is -2.27. The second-order valence-corrected chi connectivity index (χ2v) is 6.39. The summed E-state index contributed by atoms with van der Waals surface area (Å²) in [5, 5.41) is 8.26. The van der Waals surface area contributed by atoms with Crippen LogP contribution in [0.25, 0.3) is 6.08 Å². The summed E-state index contributed by atoms with van der Waals surface area (Å²) in [6, 6.07) is 10.4. The number of para-hydroxylation sites is 1. The van der Waals surface area contributed by atoms with Crippen LogP contribution in [-0.4, -0.2) is 39.7 Å². The van der Waals surface area contributed by atoms with Crippen molar-refractivity contribution in [1.29, 1.82) is 0 Å². The number of aryl methyl sites for hydroxylation is 2. The number of nitrogens with one attached hydrogen (secondary N) is 1. The second-order valence-electron chi connectivity index (χ2n) is 6.03. The van der Waals surface area contributed by atoms with Gasteiger partial charge in [-0.05, 0) is 31.6 Å². The van der Waals surface area contributed by atoms with Crippen molar-refractivity contribution in [3.63, 3.8) is 0 Å². The van der Waals surface area contributed by atoms with Gasteiger partial charge >= 0.3 is 0 Å². The maximum absolute atomic E-state index is 12.4. The molecule has 1 amide bonds.